The van der Waals surface area contributed by atoms with E-state index in [2.05, 4.69) is 10.7 Å². The van der Waals surface area contributed by atoms with Crippen molar-refractivity contribution in [3.05, 3.63) is 16.6 Å². The summed E-state index contributed by atoms with van der Waals surface area (Å²) in [5.41, 5.74) is 3.73. The maximum atomic E-state index is 9.33. The highest BCUT2D eigenvalue weighted by Gasteiger charge is 2.17. The van der Waals surface area contributed by atoms with E-state index in [1.807, 2.05) is 5.38 Å². The minimum atomic E-state index is -0.770. The molecule has 1 rings (SSSR count). The molecule has 11 heavy (non-hydrogen) atoms. The number of rotatable bonds is 1. The van der Waals surface area contributed by atoms with Crippen molar-refractivity contribution in [2.75, 3.05) is 7.05 Å². The Labute approximate surface area is 70.9 Å². The Bertz CT molecular complexity index is 179. The first-order chi connectivity index (χ1) is 5.11. The lowest BCUT2D eigenvalue weighted by molar-refractivity contribution is 0.0783. The third kappa shape index (κ3) is 3.46. The first kappa shape index (κ1) is 10.6. The summed E-state index contributed by atoms with van der Waals surface area (Å²) in [5.74, 6) is 0. The van der Waals surface area contributed by atoms with Crippen molar-refractivity contribution in [3.63, 3.8) is 0 Å². The molecule has 0 aliphatic rings. The predicted molar refractivity (Wildman–Crippen MR) is 47.5 cm³/mol. The second-order valence-corrected chi connectivity index (χ2v) is 3.29. The van der Waals surface area contributed by atoms with Gasteiger partial charge in [0.05, 0.1) is 0 Å². The molecule has 3 N–H and O–H groups in total. The van der Waals surface area contributed by atoms with Gasteiger partial charge < -0.3 is 10.8 Å². The molecule has 64 valence electrons. The third-order valence-corrected chi connectivity index (χ3v) is 2.04. The van der Waals surface area contributed by atoms with Crippen molar-refractivity contribution in [2.24, 2.45) is 5.73 Å². The molecule has 0 saturated carbocycles. The molecule has 1 aromatic heterocycles. The Kier molecular flexibility index (Phi) is 4.25. The predicted octanol–water partition coefficient (Wildman–Crippen LogP) is 0.945. The van der Waals surface area contributed by atoms with E-state index in [4.69, 9.17) is 0 Å². The highest BCUT2D eigenvalue weighted by atomic mass is 32.1. The van der Waals surface area contributed by atoms with Gasteiger partial charge in [0.25, 0.3) is 0 Å². The van der Waals surface area contributed by atoms with E-state index in [1.165, 1.54) is 18.4 Å². The van der Waals surface area contributed by atoms with E-state index in [9.17, 15) is 5.11 Å². The summed E-state index contributed by atoms with van der Waals surface area (Å²) in [6, 6.07) is 0. The van der Waals surface area contributed by atoms with Crippen molar-refractivity contribution in [3.8, 4) is 0 Å². The van der Waals surface area contributed by atoms with Crippen LogP contribution in [0.5, 0.6) is 0 Å². The monoisotopic (exact) mass is 174 g/mol. The minimum absolute atomic E-state index is 0.766. The molecule has 3 nitrogen and oxygen atoms in total. The summed E-state index contributed by atoms with van der Waals surface area (Å²) in [7, 11) is 1.50. The Balaban J connectivity index is 0.000000461. The summed E-state index contributed by atoms with van der Waals surface area (Å²) >= 11 is 1.47. The smallest absolute Gasteiger partial charge is 0.124 e. The molecule has 0 bridgehead atoms. The molecule has 0 radical (unpaired) electrons. The first-order valence-electron chi connectivity index (χ1n) is 3.31. The minimum Gasteiger partial charge on any atom is -0.383 e. The molecule has 0 aliphatic heterocycles. The van der Waals surface area contributed by atoms with Gasteiger partial charge in [-0.1, -0.05) is 0 Å². The topological polar surface area (TPSA) is 59.1 Å². The van der Waals surface area contributed by atoms with Crippen LogP contribution in [0.15, 0.2) is 11.6 Å². The lowest BCUT2D eigenvalue weighted by Gasteiger charge is -2.11. The van der Waals surface area contributed by atoms with Crippen molar-refractivity contribution in [1.82, 2.24) is 4.98 Å². The van der Waals surface area contributed by atoms with Crippen LogP contribution in [0, 0.1) is 0 Å². The second-order valence-electron chi connectivity index (χ2n) is 2.40. The Morgan fingerprint density at radius 1 is 1.55 bits per heavy atom. The summed E-state index contributed by atoms with van der Waals surface area (Å²) in [6.45, 7) is 3.46. The highest BCUT2D eigenvalue weighted by Crippen LogP contribution is 2.20. The molecule has 0 fully saturated rings. The average Bonchev–Trinajstić information content (AvgIpc) is 2.40. The van der Waals surface area contributed by atoms with E-state index in [1.54, 1.807) is 20.0 Å². The molecule has 4 heteroatoms. The number of aromatic nitrogens is 1. The molecule has 0 spiro atoms. The lowest BCUT2D eigenvalue weighted by atomic mass is 10.2. The van der Waals surface area contributed by atoms with E-state index in [0.29, 0.717) is 0 Å². The molecular formula is C7H14N2OS. The number of nitrogens with zero attached hydrogens (tertiary/aromatic N) is 1. The Hall–Kier alpha value is -0.450. The van der Waals surface area contributed by atoms with Crippen molar-refractivity contribution < 1.29 is 5.11 Å². The zero-order chi connectivity index (χ0) is 8.91. The van der Waals surface area contributed by atoms with Gasteiger partial charge in [0, 0.05) is 11.6 Å². The summed E-state index contributed by atoms with van der Waals surface area (Å²) in [5, 5.41) is 11.9. The zero-order valence-electron chi connectivity index (χ0n) is 7.03. The fourth-order valence-corrected chi connectivity index (χ4v) is 1.19. The molecule has 0 amide bonds. The van der Waals surface area contributed by atoms with Gasteiger partial charge in [0.2, 0.25) is 0 Å². The van der Waals surface area contributed by atoms with E-state index >= 15 is 0 Å². The number of hydrogen-bond acceptors (Lipinski definition) is 4. The van der Waals surface area contributed by atoms with Crippen molar-refractivity contribution >= 4 is 11.3 Å². The highest BCUT2D eigenvalue weighted by molar-refractivity contribution is 7.09. The Morgan fingerprint density at radius 2 is 2.09 bits per heavy atom. The largest absolute Gasteiger partial charge is 0.383 e. The van der Waals surface area contributed by atoms with Gasteiger partial charge in [0.1, 0.15) is 10.6 Å². The van der Waals surface area contributed by atoms with E-state index < -0.39 is 5.60 Å². The van der Waals surface area contributed by atoms with Gasteiger partial charge in [-0.05, 0) is 20.9 Å². The number of thiazole rings is 1. The average molecular weight is 174 g/mol. The fourth-order valence-electron chi connectivity index (χ4n) is 0.526. The summed E-state index contributed by atoms with van der Waals surface area (Å²) in [6.07, 6.45) is 1.69. The maximum Gasteiger partial charge on any atom is 0.124 e. The SMILES string of the molecule is CC(C)(O)c1nccs1.CN. The molecule has 0 aliphatic carbocycles. The molecule has 0 saturated heterocycles. The third-order valence-electron chi connectivity index (χ3n) is 0.956. The van der Waals surface area contributed by atoms with Crippen LogP contribution in [-0.2, 0) is 5.60 Å². The van der Waals surface area contributed by atoms with E-state index in [0.717, 1.165) is 5.01 Å². The van der Waals surface area contributed by atoms with Crippen molar-refractivity contribution in [1.29, 1.82) is 0 Å². The van der Waals surface area contributed by atoms with Crippen molar-refractivity contribution in [2.45, 2.75) is 19.4 Å². The van der Waals surface area contributed by atoms with Crippen LogP contribution in [-0.4, -0.2) is 17.1 Å². The molecule has 0 unspecified atom stereocenters. The van der Waals surface area contributed by atoms with Crippen LogP contribution >= 0.6 is 11.3 Å². The zero-order valence-corrected chi connectivity index (χ0v) is 7.85. The number of nitrogens with two attached hydrogens (primary N) is 1. The standard InChI is InChI=1S/C6H9NOS.CH5N/c1-6(2,8)5-7-3-4-9-5;1-2/h3-4,8H,1-2H3;2H2,1H3. The quantitative estimate of drug-likeness (QED) is 0.666. The van der Waals surface area contributed by atoms with Crippen LogP contribution in [0.3, 0.4) is 0 Å². The molecule has 1 aromatic rings. The van der Waals surface area contributed by atoms with E-state index in [-0.39, 0.29) is 0 Å². The first-order valence-corrected chi connectivity index (χ1v) is 4.19. The summed E-state index contributed by atoms with van der Waals surface area (Å²) in [4.78, 5) is 3.96. The van der Waals surface area contributed by atoms with Crippen LogP contribution in [0.1, 0.15) is 18.9 Å². The van der Waals surface area contributed by atoms with Gasteiger partial charge in [-0.25, -0.2) is 4.98 Å². The van der Waals surface area contributed by atoms with Crippen LogP contribution in [0.25, 0.3) is 0 Å². The van der Waals surface area contributed by atoms with Gasteiger partial charge >= 0.3 is 0 Å². The molecule has 1 heterocycles. The van der Waals surface area contributed by atoms with Gasteiger partial charge in [-0.3, -0.25) is 0 Å². The number of hydrogen-bond donors (Lipinski definition) is 2. The van der Waals surface area contributed by atoms with Crippen LogP contribution in [0.4, 0.5) is 0 Å². The second kappa shape index (κ2) is 4.43. The van der Waals surface area contributed by atoms with Gasteiger partial charge in [-0.15, -0.1) is 11.3 Å². The lowest BCUT2D eigenvalue weighted by Crippen LogP contribution is -2.14. The Morgan fingerprint density at radius 3 is 2.27 bits per heavy atom. The molecule has 0 aromatic carbocycles. The normalized spacial score (nSPS) is 10.3. The summed E-state index contributed by atoms with van der Waals surface area (Å²) < 4.78 is 0. The molecule has 0 atom stereocenters. The number of aliphatic hydroxyl groups is 1. The fraction of sp³-hybridized carbons (Fsp3) is 0.571. The van der Waals surface area contributed by atoms with Gasteiger partial charge in [0.15, 0.2) is 0 Å². The molecular weight excluding hydrogens is 160 g/mol. The van der Waals surface area contributed by atoms with Crippen LogP contribution < -0.4 is 5.73 Å². The maximum absolute atomic E-state index is 9.33. The van der Waals surface area contributed by atoms with Gasteiger partial charge in [-0.2, -0.15) is 0 Å². The van der Waals surface area contributed by atoms with Crippen LogP contribution in [0.2, 0.25) is 0 Å².